The lowest BCUT2D eigenvalue weighted by atomic mass is 10.0. The molecule has 1 aromatic heterocycles. The smallest absolute Gasteiger partial charge is 0.213 e. The van der Waals surface area contributed by atoms with E-state index in [4.69, 9.17) is 4.74 Å². The molecule has 0 aromatic carbocycles. The van der Waals surface area contributed by atoms with Crippen LogP contribution in [0.15, 0.2) is 12.1 Å². The Balaban J connectivity index is 2.87. The second-order valence-corrected chi connectivity index (χ2v) is 4.31. The molecule has 2 atom stereocenters. The van der Waals surface area contributed by atoms with Crippen molar-refractivity contribution in [3.05, 3.63) is 23.4 Å². The lowest BCUT2D eigenvalue weighted by Crippen LogP contribution is -2.19. The van der Waals surface area contributed by atoms with E-state index in [1.165, 1.54) is 7.11 Å². The third kappa shape index (κ3) is 3.17. The van der Waals surface area contributed by atoms with Crippen molar-refractivity contribution in [3.63, 3.8) is 0 Å². The molecule has 1 aromatic rings. The second kappa shape index (κ2) is 6.18. The Labute approximate surface area is 103 Å². The zero-order valence-corrected chi connectivity index (χ0v) is 10.9. The molecule has 0 aliphatic heterocycles. The highest BCUT2D eigenvalue weighted by Crippen LogP contribution is 2.23. The Bertz CT molecular complexity index is 346. The average molecular weight is 290 g/mol. The quantitative estimate of drug-likeness (QED) is 0.808. The zero-order chi connectivity index (χ0) is 12.1. The number of aliphatic hydroxyl groups is 2. The maximum atomic E-state index is 9.91. The van der Waals surface area contributed by atoms with Gasteiger partial charge in [0.2, 0.25) is 5.88 Å². The highest BCUT2D eigenvalue weighted by atomic mass is 79.9. The van der Waals surface area contributed by atoms with Crippen molar-refractivity contribution in [1.82, 2.24) is 4.98 Å². The minimum atomic E-state index is -0.907. The first-order chi connectivity index (χ1) is 7.60. The number of ether oxygens (including phenoxy) is 1. The number of alkyl halides is 1. The van der Waals surface area contributed by atoms with Crippen LogP contribution in [0.3, 0.4) is 0 Å². The van der Waals surface area contributed by atoms with Crippen molar-refractivity contribution < 1.29 is 14.9 Å². The summed E-state index contributed by atoms with van der Waals surface area (Å²) in [4.78, 5) is 4.15. The molecule has 0 amide bonds. The van der Waals surface area contributed by atoms with Crippen molar-refractivity contribution >= 4 is 15.9 Å². The second-order valence-electron chi connectivity index (χ2n) is 3.52. The SMILES string of the molecule is COc1ccc(C(O)C(O)CCBr)c(C)n1. The third-order valence-electron chi connectivity index (χ3n) is 2.40. The van der Waals surface area contributed by atoms with Crippen LogP contribution in [0.2, 0.25) is 0 Å². The van der Waals surface area contributed by atoms with Crippen LogP contribution in [0, 0.1) is 6.92 Å². The molecular weight excluding hydrogens is 274 g/mol. The van der Waals surface area contributed by atoms with E-state index >= 15 is 0 Å². The molecule has 0 aliphatic rings. The van der Waals surface area contributed by atoms with Crippen LogP contribution in [0.4, 0.5) is 0 Å². The molecule has 1 heterocycles. The average Bonchev–Trinajstić information content (AvgIpc) is 2.28. The van der Waals surface area contributed by atoms with Gasteiger partial charge in [-0.1, -0.05) is 15.9 Å². The first-order valence-electron chi connectivity index (χ1n) is 5.03. The number of pyridine rings is 1. The van der Waals surface area contributed by atoms with E-state index in [1.807, 2.05) is 0 Å². The maximum Gasteiger partial charge on any atom is 0.213 e. The predicted molar refractivity (Wildman–Crippen MR) is 64.9 cm³/mol. The highest BCUT2D eigenvalue weighted by Gasteiger charge is 2.20. The summed E-state index contributed by atoms with van der Waals surface area (Å²) in [5.74, 6) is 0.503. The Kier molecular flexibility index (Phi) is 5.18. The summed E-state index contributed by atoms with van der Waals surface area (Å²) in [6.07, 6.45) is -1.20. The van der Waals surface area contributed by atoms with Gasteiger partial charge in [-0.15, -0.1) is 0 Å². The molecule has 0 spiro atoms. The summed E-state index contributed by atoms with van der Waals surface area (Å²) in [7, 11) is 1.54. The summed E-state index contributed by atoms with van der Waals surface area (Å²) >= 11 is 3.23. The van der Waals surface area contributed by atoms with Crippen LogP contribution >= 0.6 is 15.9 Å². The van der Waals surface area contributed by atoms with E-state index < -0.39 is 12.2 Å². The molecule has 0 saturated carbocycles. The van der Waals surface area contributed by atoms with Crippen molar-refractivity contribution in [2.75, 3.05) is 12.4 Å². The molecule has 1 rings (SSSR count). The highest BCUT2D eigenvalue weighted by molar-refractivity contribution is 9.09. The van der Waals surface area contributed by atoms with Crippen LogP contribution in [0.5, 0.6) is 5.88 Å². The van der Waals surface area contributed by atoms with Crippen molar-refractivity contribution in [2.45, 2.75) is 25.6 Å². The largest absolute Gasteiger partial charge is 0.481 e. The molecule has 5 heteroatoms. The number of aryl methyl sites for hydroxylation is 1. The third-order valence-corrected chi connectivity index (χ3v) is 2.86. The van der Waals surface area contributed by atoms with Crippen molar-refractivity contribution in [3.8, 4) is 5.88 Å². The van der Waals surface area contributed by atoms with E-state index in [9.17, 15) is 10.2 Å². The van der Waals surface area contributed by atoms with Gasteiger partial charge in [0.05, 0.1) is 13.2 Å². The van der Waals surface area contributed by atoms with Gasteiger partial charge in [-0.25, -0.2) is 4.98 Å². The lowest BCUT2D eigenvalue weighted by molar-refractivity contribution is 0.0167. The minimum absolute atomic E-state index is 0.493. The van der Waals surface area contributed by atoms with Crippen molar-refractivity contribution in [2.24, 2.45) is 0 Å². The van der Waals surface area contributed by atoms with Gasteiger partial charge in [0, 0.05) is 22.7 Å². The molecule has 16 heavy (non-hydrogen) atoms. The van der Waals surface area contributed by atoms with E-state index in [-0.39, 0.29) is 0 Å². The van der Waals surface area contributed by atoms with Crippen LogP contribution in [0.25, 0.3) is 0 Å². The zero-order valence-electron chi connectivity index (χ0n) is 9.35. The first kappa shape index (κ1) is 13.4. The number of rotatable bonds is 5. The van der Waals surface area contributed by atoms with Gasteiger partial charge in [0.1, 0.15) is 6.10 Å². The Morgan fingerprint density at radius 1 is 1.44 bits per heavy atom. The Morgan fingerprint density at radius 2 is 2.12 bits per heavy atom. The number of halogens is 1. The number of hydrogen-bond donors (Lipinski definition) is 2. The lowest BCUT2D eigenvalue weighted by Gasteiger charge is -2.18. The minimum Gasteiger partial charge on any atom is -0.481 e. The van der Waals surface area contributed by atoms with E-state index in [2.05, 4.69) is 20.9 Å². The van der Waals surface area contributed by atoms with Crippen molar-refractivity contribution in [1.29, 1.82) is 0 Å². The van der Waals surface area contributed by atoms with Crippen LogP contribution in [-0.2, 0) is 0 Å². The molecule has 0 saturated heterocycles. The molecule has 0 aliphatic carbocycles. The fourth-order valence-electron chi connectivity index (χ4n) is 1.45. The van der Waals surface area contributed by atoms with Gasteiger partial charge in [-0.3, -0.25) is 0 Å². The van der Waals surface area contributed by atoms with Crippen LogP contribution < -0.4 is 4.74 Å². The van der Waals surface area contributed by atoms with E-state index in [0.717, 1.165) is 0 Å². The predicted octanol–water partition coefficient (Wildman–Crippen LogP) is 1.58. The van der Waals surface area contributed by atoms with Gasteiger partial charge in [-0.05, 0) is 19.4 Å². The first-order valence-corrected chi connectivity index (χ1v) is 6.16. The molecule has 90 valence electrons. The molecular formula is C11H16BrNO3. The number of nitrogens with zero attached hydrogens (tertiary/aromatic N) is 1. The Morgan fingerprint density at radius 3 is 2.62 bits per heavy atom. The summed E-state index contributed by atoms with van der Waals surface area (Å²) < 4.78 is 4.97. The summed E-state index contributed by atoms with van der Waals surface area (Å²) in [6.45, 7) is 1.78. The fraction of sp³-hybridized carbons (Fsp3) is 0.545. The number of aliphatic hydroxyl groups excluding tert-OH is 2. The summed E-state index contributed by atoms with van der Waals surface area (Å²) in [5.41, 5.74) is 1.30. The molecule has 4 nitrogen and oxygen atoms in total. The van der Waals surface area contributed by atoms with Crippen LogP contribution in [-0.4, -0.2) is 33.7 Å². The molecule has 0 radical (unpaired) electrons. The van der Waals surface area contributed by atoms with Gasteiger partial charge < -0.3 is 14.9 Å². The topological polar surface area (TPSA) is 62.6 Å². The molecule has 0 bridgehead atoms. The standard InChI is InChI=1S/C11H16BrNO3/c1-7-8(3-4-10(13-7)16-2)11(15)9(14)5-6-12/h3-4,9,11,14-15H,5-6H2,1-2H3. The summed E-state index contributed by atoms with van der Waals surface area (Å²) in [5, 5.41) is 20.2. The fourth-order valence-corrected chi connectivity index (χ4v) is 1.92. The molecule has 2 N–H and O–H groups in total. The van der Waals surface area contributed by atoms with E-state index in [1.54, 1.807) is 19.1 Å². The number of hydrogen-bond acceptors (Lipinski definition) is 4. The maximum absolute atomic E-state index is 9.91. The van der Waals surface area contributed by atoms with Gasteiger partial charge in [-0.2, -0.15) is 0 Å². The number of aromatic nitrogens is 1. The normalized spacial score (nSPS) is 14.6. The Hall–Kier alpha value is -0.650. The van der Waals surface area contributed by atoms with Crippen LogP contribution in [0.1, 0.15) is 23.8 Å². The monoisotopic (exact) mass is 289 g/mol. The van der Waals surface area contributed by atoms with Gasteiger partial charge >= 0.3 is 0 Å². The molecule has 2 unspecified atom stereocenters. The summed E-state index contributed by atoms with van der Waals surface area (Å²) in [6, 6.07) is 3.40. The van der Waals surface area contributed by atoms with Gasteiger partial charge in [0.25, 0.3) is 0 Å². The van der Waals surface area contributed by atoms with E-state index in [0.29, 0.717) is 28.9 Å². The van der Waals surface area contributed by atoms with Gasteiger partial charge in [0.15, 0.2) is 0 Å². The number of methoxy groups -OCH3 is 1. The molecule has 0 fully saturated rings.